The monoisotopic (exact) mass is 321 g/mol. The summed E-state index contributed by atoms with van der Waals surface area (Å²) in [6.07, 6.45) is 2.73. The second-order valence-electron chi connectivity index (χ2n) is 4.95. The van der Waals surface area contributed by atoms with E-state index in [0.717, 1.165) is 42.2 Å². The zero-order chi connectivity index (χ0) is 15.9. The molecule has 7 heteroatoms. The topological polar surface area (TPSA) is 92.0 Å². The molecule has 4 N–H and O–H groups in total. The summed E-state index contributed by atoms with van der Waals surface area (Å²) in [4.78, 5) is 0. The van der Waals surface area contributed by atoms with E-state index in [4.69, 9.17) is 16.3 Å². The van der Waals surface area contributed by atoms with Gasteiger partial charge in [0, 0.05) is 17.7 Å². The van der Waals surface area contributed by atoms with E-state index in [2.05, 4.69) is 22.3 Å². The van der Waals surface area contributed by atoms with Crippen LogP contribution in [0.15, 0.2) is 23.4 Å². The normalized spacial score (nSPS) is 10.9. The lowest BCUT2D eigenvalue weighted by Crippen LogP contribution is -2.13. The van der Waals surface area contributed by atoms with Crippen molar-refractivity contribution < 1.29 is 4.74 Å². The lowest BCUT2D eigenvalue weighted by atomic mass is 10.1. The van der Waals surface area contributed by atoms with Crippen molar-refractivity contribution in [2.45, 2.75) is 37.1 Å². The molecular weight excluding hydrogens is 298 g/mol. The fourth-order valence-electron chi connectivity index (χ4n) is 2.20. The molecule has 1 heterocycles. The molecule has 0 unspecified atom stereocenters. The maximum Gasteiger partial charge on any atom is 0.210 e. The minimum absolute atomic E-state index is 0.701. The van der Waals surface area contributed by atoms with Crippen LogP contribution >= 0.6 is 11.8 Å². The first-order chi connectivity index (χ1) is 10.7. The van der Waals surface area contributed by atoms with Gasteiger partial charge in [0.15, 0.2) is 5.82 Å². The van der Waals surface area contributed by atoms with Gasteiger partial charge in [0.2, 0.25) is 5.16 Å². The van der Waals surface area contributed by atoms with Crippen LogP contribution in [-0.2, 0) is 18.6 Å². The summed E-state index contributed by atoms with van der Waals surface area (Å²) >= 11 is 1.56. The van der Waals surface area contributed by atoms with Crippen molar-refractivity contribution in [3.05, 3.63) is 35.2 Å². The van der Waals surface area contributed by atoms with Crippen LogP contribution in [-0.4, -0.2) is 28.5 Å². The number of benzene rings is 1. The van der Waals surface area contributed by atoms with E-state index in [9.17, 15) is 0 Å². The number of aryl methyl sites for hydroxylation is 2. The molecule has 0 saturated carbocycles. The SMILES string of the molecule is CCc1nnc(SCc2cc(CCCN)ccc2OC)n1N. The Bertz CT molecular complexity index is 614. The van der Waals surface area contributed by atoms with Gasteiger partial charge >= 0.3 is 0 Å². The van der Waals surface area contributed by atoms with Gasteiger partial charge in [-0.25, -0.2) is 4.68 Å². The van der Waals surface area contributed by atoms with Crippen molar-refractivity contribution >= 4 is 11.8 Å². The fourth-order valence-corrected chi connectivity index (χ4v) is 3.05. The molecule has 0 spiro atoms. The Balaban J connectivity index is 2.11. The van der Waals surface area contributed by atoms with Gasteiger partial charge in [0.25, 0.3) is 0 Å². The predicted molar refractivity (Wildman–Crippen MR) is 89.5 cm³/mol. The Kier molecular flexibility index (Phi) is 6.09. The first kappa shape index (κ1) is 16.6. The van der Waals surface area contributed by atoms with Crippen LogP contribution in [0.2, 0.25) is 0 Å². The van der Waals surface area contributed by atoms with Gasteiger partial charge in [-0.2, -0.15) is 0 Å². The molecule has 2 aromatic rings. The van der Waals surface area contributed by atoms with Crippen LogP contribution in [0.5, 0.6) is 5.75 Å². The molecule has 0 aliphatic rings. The van der Waals surface area contributed by atoms with Crippen LogP contribution in [0.25, 0.3) is 0 Å². The van der Waals surface area contributed by atoms with E-state index in [1.54, 1.807) is 23.5 Å². The summed E-state index contributed by atoms with van der Waals surface area (Å²) in [5.41, 5.74) is 7.97. The Hall–Kier alpha value is -1.73. The third kappa shape index (κ3) is 3.92. The molecule has 0 aliphatic carbocycles. The smallest absolute Gasteiger partial charge is 0.210 e. The predicted octanol–water partition coefficient (Wildman–Crippen LogP) is 1.75. The maximum absolute atomic E-state index is 5.97. The molecule has 0 aliphatic heterocycles. The summed E-state index contributed by atoms with van der Waals surface area (Å²) < 4.78 is 6.99. The molecule has 0 fully saturated rings. The van der Waals surface area contributed by atoms with E-state index in [1.165, 1.54) is 5.56 Å². The zero-order valence-electron chi connectivity index (χ0n) is 13.1. The lowest BCUT2D eigenvalue weighted by molar-refractivity contribution is 0.411. The van der Waals surface area contributed by atoms with Crippen molar-refractivity contribution in [3.63, 3.8) is 0 Å². The number of nitrogen functional groups attached to an aromatic ring is 1. The number of thioether (sulfide) groups is 1. The fraction of sp³-hybridized carbons (Fsp3) is 0.467. The highest BCUT2D eigenvalue weighted by Crippen LogP contribution is 2.28. The van der Waals surface area contributed by atoms with Gasteiger partial charge in [-0.15, -0.1) is 10.2 Å². The molecule has 0 saturated heterocycles. The summed E-state index contributed by atoms with van der Waals surface area (Å²) in [5.74, 6) is 8.37. The number of rotatable bonds is 8. The van der Waals surface area contributed by atoms with Crippen LogP contribution in [0.4, 0.5) is 0 Å². The minimum Gasteiger partial charge on any atom is -0.496 e. The van der Waals surface area contributed by atoms with Gasteiger partial charge < -0.3 is 16.3 Å². The molecule has 0 amide bonds. The highest BCUT2D eigenvalue weighted by atomic mass is 32.2. The van der Waals surface area contributed by atoms with Crippen molar-refractivity contribution in [2.75, 3.05) is 19.5 Å². The molecule has 0 bridgehead atoms. The van der Waals surface area contributed by atoms with Gasteiger partial charge in [-0.3, -0.25) is 0 Å². The van der Waals surface area contributed by atoms with E-state index >= 15 is 0 Å². The molecule has 1 aromatic heterocycles. The van der Waals surface area contributed by atoms with Crippen molar-refractivity contribution in [1.82, 2.24) is 14.9 Å². The number of nitrogens with two attached hydrogens (primary N) is 2. The second kappa shape index (κ2) is 8.05. The third-order valence-electron chi connectivity index (χ3n) is 3.42. The van der Waals surface area contributed by atoms with Gasteiger partial charge in [0.1, 0.15) is 5.75 Å². The second-order valence-corrected chi connectivity index (χ2v) is 5.89. The largest absolute Gasteiger partial charge is 0.496 e. The first-order valence-electron chi connectivity index (χ1n) is 7.37. The Morgan fingerprint density at radius 3 is 2.77 bits per heavy atom. The van der Waals surface area contributed by atoms with E-state index in [0.29, 0.717) is 11.7 Å². The van der Waals surface area contributed by atoms with E-state index < -0.39 is 0 Å². The number of hydrogen-bond acceptors (Lipinski definition) is 6. The molecule has 2 rings (SSSR count). The van der Waals surface area contributed by atoms with E-state index in [1.807, 2.05) is 13.0 Å². The number of nitrogens with zero attached hydrogens (tertiary/aromatic N) is 3. The highest BCUT2D eigenvalue weighted by molar-refractivity contribution is 7.98. The summed E-state index contributed by atoms with van der Waals surface area (Å²) in [6, 6.07) is 6.26. The van der Waals surface area contributed by atoms with Gasteiger partial charge in [-0.1, -0.05) is 30.8 Å². The summed E-state index contributed by atoms with van der Waals surface area (Å²) in [5, 5.41) is 8.91. The molecule has 6 nitrogen and oxygen atoms in total. The Labute approximate surface area is 135 Å². The van der Waals surface area contributed by atoms with Crippen molar-refractivity contribution in [3.8, 4) is 5.75 Å². The van der Waals surface area contributed by atoms with E-state index in [-0.39, 0.29) is 0 Å². The maximum atomic E-state index is 5.97. The van der Waals surface area contributed by atoms with Crippen LogP contribution in [0.1, 0.15) is 30.3 Å². The number of ether oxygens (including phenoxy) is 1. The average Bonchev–Trinajstić information content (AvgIpc) is 2.91. The molecule has 22 heavy (non-hydrogen) atoms. The first-order valence-corrected chi connectivity index (χ1v) is 8.36. The average molecular weight is 321 g/mol. The minimum atomic E-state index is 0.701. The quantitative estimate of drug-likeness (QED) is 0.568. The molecule has 0 atom stereocenters. The molecular formula is C15H23N5OS. The van der Waals surface area contributed by atoms with Crippen molar-refractivity contribution in [2.24, 2.45) is 5.73 Å². The number of methoxy groups -OCH3 is 1. The Morgan fingerprint density at radius 2 is 2.14 bits per heavy atom. The zero-order valence-corrected chi connectivity index (χ0v) is 13.9. The Morgan fingerprint density at radius 1 is 1.32 bits per heavy atom. The van der Waals surface area contributed by atoms with Crippen LogP contribution in [0.3, 0.4) is 0 Å². The summed E-state index contributed by atoms with van der Waals surface area (Å²) in [6.45, 7) is 2.71. The van der Waals surface area contributed by atoms with Gasteiger partial charge in [0.05, 0.1) is 7.11 Å². The van der Waals surface area contributed by atoms with Crippen LogP contribution < -0.4 is 16.3 Å². The summed E-state index contributed by atoms with van der Waals surface area (Å²) in [7, 11) is 1.68. The highest BCUT2D eigenvalue weighted by Gasteiger charge is 2.11. The number of hydrogen-bond donors (Lipinski definition) is 2. The van der Waals surface area contributed by atoms with Gasteiger partial charge in [-0.05, 0) is 31.0 Å². The molecule has 1 aromatic carbocycles. The third-order valence-corrected chi connectivity index (χ3v) is 4.41. The standard InChI is InChI=1S/C15H23N5OS/c1-3-14-18-19-15(20(14)17)22-10-12-9-11(5-4-8-16)6-7-13(12)21-2/h6-7,9H,3-5,8,10,16-17H2,1-2H3. The molecule has 0 radical (unpaired) electrons. The van der Waals surface area contributed by atoms with Crippen molar-refractivity contribution in [1.29, 1.82) is 0 Å². The lowest BCUT2D eigenvalue weighted by Gasteiger charge is -2.10. The van der Waals surface area contributed by atoms with Crippen LogP contribution in [0, 0.1) is 0 Å². The number of aromatic nitrogens is 3. The molecule has 120 valence electrons.